The predicted molar refractivity (Wildman–Crippen MR) is 107 cm³/mol. The molecule has 3 rings (SSSR count). The third-order valence-electron chi connectivity index (χ3n) is 7.23. The molecular weight excluding hydrogens is 338 g/mol. The van der Waals surface area contributed by atoms with Crippen molar-refractivity contribution in [3.8, 4) is 0 Å². The van der Waals surface area contributed by atoms with Gasteiger partial charge in [-0.05, 0) is 63.5 Å². The van der Waals surface area contributed by atoms with E-state index in [1.807, 2.05) is 39.0 Å². The van der Waals surface area contributed by atoms with Crippen LogP contribution in [0.1, 0.15) is 71.2 Å². The molecule has 2 fully saturated rings. The third-order valence-corrected chi connectivity index (χ3v) is 7.23. The van der Waals surface area contributed by atoms with Crippen LogP contribution in [-0.4, -0.2) is 22.9 Å². The van der Waals surface area contributed by atoms with E-state index in [9.17, 15) is 9.59 Å². The van der Waals surface area contributed by atoms with Crippen LogP contribution in [-0.2, 0) is 4.79 Å². The van der Waals surface area contributed by atoms with Crippen LogP contribution in [0.2, 0.25) is 0 Å². The zero-order chi connectivity index (χ0) is 20.1. The first-order valence-electron chi connectivity index (χ1n) is 9.88. The standard InChI is InChI=1S/C22H33N3O2/c1-19(2,3)23-18(27)22(14-16-12-13-21(22,6)20(16,4)5)25-24-17(26)15-10-8-7-9-11-15/h7-11,16,25H,12-14H2,1-6H3,(H,23,27)(H,24,26)/t16-,21+,22-/m0/s1. The van der Waals surface area contributed by atoms with Crippen molar-refractivity contribution in [3.05, 3.63) is 35.9 Å². The van der Waals surface area contributed by atoms with Gasteiger partial charge in [0.25, 0.3) is 5.91 Å². The van der Waals surface area contributed by atoms with Crippen molar-refractivity contribution in [2.45, 2.75) is 71.9 Å². The van der Waals surface area contributed by atoms with Gasteiger partial charge in [-0.3, -0.25) is 15.0 Å². The van der Waals surface area contributed by atoms with Crippen molar-refractivity contribution in [1.82, 2.24) is 16.2 Å². The fourth-order valence-electron chi connectivity index (χ4n) is 5.17. The average molecular weight is 372 g/mol. The molecule has 0 spiro atoms. The van der Waals surface area contributed by atoms with E-state index in [4.69, 9.17) is 0 Å². The van der Waals surface area contributed by atoms with Gasteiger partial charge in [-0.2, -0.15) is 0 Å². The van der Waals surface area contributed by atoms with Gasteiger partial charge in [-0.25, -0.2) is 5.43 Å². The van der Waals surface area contributed by atoms with Gasteiger partial charge in [0.1, 0.15) is 5.54 Å². The summed E-state index contributed by atoms with van der Waals surface area (Å²) in [6, 6.07) is 9.08. The molecule has 0 aliphatic heterocycles. The lowest BCUT2D eigenvalue weighted by Gasteiger charge is -2.48. The number of fused-ring (bicyclic) bond motifs is 2. The molecule has 27 heavy (non-hydrogen) atoms. The molecule has 0 radical (unpaired) electrons. The molecule has 2 aliphatic rings. The monoisotopic (exact) mass is 371 g/mol. The van der Waals surface area contributed by atoms with E-state index in [1.54, 1.807) is 12.1 Å². The normalized spacial score (nSPS) is 31.6. The molecular formula is C22H33N3O2. The predicted octanol–water partition coefficient (Wildman–Crippen LogP) is 3.42. The molecule has 2 saturated carbocycles. The number of benzene rings is 1. The van der Waals surface area contributed by atoms with Gasteiger partial charge in [-0.1, -0.05) is 39.0 Å². The zero-order valence-corrected chi connectivity index (χ0v) is 17.4. The molecule has 0 aromatic heterocycles. The highest BCUT2D eigenvalue weighted by molar-refractivity contribution is 5.95. The molecule has 3 atom stereocenters. The maximum atomic E-state index is 13.5. The molecule has 2 aliphatic carbocycles. The first kappa shape index (κ1) is 19.9. The molecule has 5 heteroatoms. The largest absolute Gasteiger partial charge is 0.350 e. The Morgan fingerprint density at radius 2 is 1.70 bits per heavy atom. The second-order valence-electron chi connectivity index (χ2n) is 10.0. The van der Waals surface area contributed by atoms with Crippen LogP contribution in [0, 0.1) is 16.7 Å². The number of nitrogens with one attached hydrogen (secondary N) is 3. The lowest BCUT2D eigenvalue weighted by atomic mass is 9.62. The molecule has 0 unspecified atom stereocenters. The Balaban J connectivity index is 1.90. The summed E-state index contributed by atoms with van der Waals surface area (Å²) in [5, 5.41) is 3.16. The minimum absolute atomic E-state index is 0.0205. The second kappa shape index (κ2) is 6.33. The van der Waals surface area contributed by atoms with Gasteiger partial charge in [-0.15, -0.1) is 0 Å². The number of amides is 2. The van der Waals surface area contributed by atoms with E-state index in [-0.39, 0.29) is 28.2 Å². The van der Waals surface area contributed by atoms with Crippen LogP contribution in [0.3, 0.4) is 0 Å². The van der Waals surface area contributed by atoms with E-state index in [0.717, 1.165) is 19.3 Å². The Morgan fingerprint density at radius 3 is 2.19 bits per heavy atom. The minimum Gasteiger partial charge on any atom is -0.350 e. The smallest absolute Gasteiger partial charge is 0.265 e. The number of carbonyl (C=O) groups excluding carboxylic acids is 2. The van der Waals surface area contributed by atoms with Crippen molar-refractivity contribution in [3.63, 3.8) is 0 Å². The van der Waals surface area contributed by atoms with E-state index in [2.05, 4.69) is 36.9 Å². The van der Waals surface area contributed by atoms with Crippen molar-refractivity contribution >= 4 is 11.8 Å². The van der Waals surface area contributed by atoms with Gasteiger partial charge in [0.15, 0.2) is 0 Å². The SMILES string of the molecule is CC(C)(C)NC(=O)[C@@]1(NNC(=O)c2ccccc2)C[C@@H]2CC[C@]1(C)C2(C)C. The van der Waals surface area contributed by atoms with E-state index in [1.165, 1.54) is 0 Å². The van der Waals surface area contributed by atoms with Crippen LogP contribution >= 0.6 is 0 Å². The fraction of sp³-hybridized carbons (Fsp3) is 0.636. The third kappa shape index (κ3) is 3.06. The first-order valence-corrected chi connectivity index (χ1v) is 9.88. The molecule has 0 heterocycles. The summed E-state index contributed by atoms with van der Waals surface area (Å²) in [6.45, 7) is 12.7. The quantitative estimate of drug-likeness (QED) is 0.710. The Bertz CT molecular complexity index is 738. The number of hydrazine groups is 1. The molecule has 2 bridgehead atoms. The van der Waals surface area contributed by atoms with Crippen LogP contribution in [0.4, 0.5) is 0 Å². The van der Waals surface area contributed by atoms with Crippen LogP contribution in [0.5, 0.6) is 0 Å². The minimum atomic E-state index is -0.822. The van der Waals surface area contributed by atoms with Crippen molar-refractivity contribution in [1.29, 1.82) is 0 Å². The average Bonchev–Trinajstić information content (AvgIpc) is 2.91. The van der Waals surface area contributed by atoms with Gasteiger partial charge in [0, 0.05) is 16.5 Å². The van der Waals surface area contributed by atoms with Crippen molar-refractivity contribution in [2.24, 2.45) is 16.7 Å². The Hall–Kier alpha value is -1.88. The molecule has 1 aromatic carbocycles. The fourth-order valence-corrected chi connectivity index (χ4v) is 5.17. The van der Waals surface area contributed by atoms with Gasteiger partial charge >= 0.3 is 0 Å². The van der Waals surface area contributed by atoms with Crippen LogP contribution < -0.4 is 16.2 Å². The summed E-state index contributed by atoms with van der Waals surface area (Å²) in [7, 11) is 0. The maximum Gasteiger partial charge on any atom is 0.265 e. The Morgan fingerprint density at radius 1 is 1.07 bits per heavy atom. The van der Waals surface area contributed by atoms with Gasteiger partial charge in [0.2, 0.25) is 5.91 Å². The van der Waals surface area contributed by atoms with Gasteiger partial charge in [0.05, 0.1) is 0 Å². The maximum absolute atomic E-state index is 13.5. The summed E-state index contributed by atoms with van der Waals surface area (Å²) in [4.78, 5) is 26.1. The summed E-state index contributed by atoms with van der Waals surface area (Å²) in [6.07, 6.45) is 2.83. The molecule has 5 nitrogen and oxygen atoms in total. The highest BCUT2D eigenvalue weighted by atomic mass is 16.2. The number of carbonyl (C=O) groups is 2. The molecule has 1 aromatic rings. The number of hydrogen-bond acceptors (Lipinski definition) is 3. The lowest BCUT2D eigenvalue weighted by molar-refractivity contribution is -0.136. The second-order valence-corrected chi connectivity index (χ2v) is 10.0. The highest BCUT2D eigenvalue weighted by Crippen LogP contribution is 2.69. The summed E-state index contributed by atoms with van der Waals surface area (Å²) in [5.74, 6) is 0.207. The summed E-state index contributed by atoms with van der Waals surface area (Å²) >= 11 is 0. The molecule has 0 saturated heterocycles. The number of hydrogen-bond donors (Lipinski definition) is 3. The lowest BCUT2D eigenvalue weighted by Crippen LogP contribution is -2.70. The van der Waals surface area contributed by atoms with Crippen LogP contribution in [0.25, 0.3) is 0 Å². The molecule has 3 N–H and O–H groups in total. The molecule has 2 amide bonds. The van der Waals surface area contributed by atoms with E-state index < -0.39 is 5.54 Å². The highest BCUT2D eigenvalue weighted by Gasteiger charge is 2.71. The zero-order valence-electron chi connectivity index (χ0n) is 17.4. The van der Waals surface area contributed by atoms with Crippen LogP contribution in [0.15, 0.2) is 30.3 Å². The number of rotatable bonds is 4. The Labute approximate surface area is 162 Å². The van der Waals surface area contributed by atoms with E-state index >= 15 is 0 Å². The first-order chi connectivity index (χ1) is 12.4. The summed E-state index contributed by atoms with van der Waals surface area (Å²) in [5.41, 5.74) is 5.27. The van der Waals surface area contributed by atoms with Gasteiger partial charge < -0.3 is 5.32 Å². The summed E-state index contributed by atoms with van der Waals surface area (Å²) < 4.78 is 0. The Kier molecular flexibility index (Phi) is 4.66. The van der Waals surface area contributed by atoms with E-state index in [0.29, 0.717) is 11.5 Å². The van der Waals surface area contributed by atoms with Crippen molar-refractivity contribution in [2.75, 3.05) is 0 Å². The van der Waals surface area contributed by atoms with Crippen molar-refractivity contribution < 1.29 is 9.59 Å². The topological polar surface area (TPSA) is 70.2 Å². The molecule has 148 valence electrons.